The van der Waals surface area contributed by atoms with E-state index in [1.165, 1.54) is 0 Å². The second-order valence-corrected chi connectivity index (χ2v) is 1.76. The van der Waals surface area contributed by atoms with Crippen molar-refractivity contribution < 1.29 is 51.4 Å². The van der Waals surface area contributed by atoms with Crippen LogP contribution in [0.15, 0.2) is 0 Å². The van der Waals surface area contributed by atoms with Gasteiger partial charge in [-0.25, -0.2) is 0 Å². The first-order valence-electron chi connectivity index (χ1n) is 2.77. The molecule has 1 nitrogen and oxygen atoms in total. The summed E-state index contributed by atoms with van der Waals surface area (Å²) in [4.78, 5) is 2.25. The molecule has 44 valence electrons. The third-order valence-electron chi connectivity index (χ3n) is 1.03. The van der Waals surface area contributed by atoms with Gasteiger partial charge in [0, 0.05) is 0 Å². The molecule has 0 aromatic rings. The minimum absolute atomic E-state index is 0. The Labute approximate surface area is 95.2 Å². The van der Waals surface area contributed by atoms with Gasteiger partial charge in [0.2, 0.25) is 0 Å². The molecule has 0 fully saturated rings. The monoisotopic (exact) mass is 139 g/mol. The van der Waals surface area contributed by atoms with Gasteiger partial charge in [0.15, 0.2) is 0 Å². The second kappa shape index (κ2) is 8.60. The van der Waals surface area contributed by atoms with Gasteiger partial charge in [0.05, 0.1) is 0 Å². The van der Waals surface area contributed by atoms with Gasteiger partial charge in [0.1, 0.15) is 0 Å². The van der Waals surface area contributed by atoms with Crippen LogP contribution in [-0.4, -0.2) is 25.0 Å². The summed E-state index contributed by atoms with van der Waals surface area (Å²) in [6.07, 6.45) is 2.16. The molecule has 0 atom stereocenters. The van der Waals surface area contributed by atoms with E-state index in [9.17, 15) is 0 Å². The molecule has 0 rings (SSSR count). The fraction of sp³-hybridized carbons (Fsp3) is 0.833. The van der Waals surface area contributed by atoms with Crippen molar-refractivity contribution in [3.05, 3.63) is 6.42 Å². The van der Waals surface area contributed by atoms with Gasteiger partial charge in [-0.3, -0.25) is 0 Å². The predicted molar refractivity (Wildman–Crippen MR) is 33.1 cm³/mol. The Bertz CT molecular complexity index is 39.5. The van der Waals surface area contributed by atoms with Crippen LogP contribution in [-0.2, 0) is 0 Å². The van der Waals surface area contributed by atoms with Crippen molar-refractivity contribution in [3.63, 3.8) is 0 Å². The SMILES string of the molecule is C[CH-]CN(C)CC.[K+]. The van der Waals surface area contributed by atoms with Crippen LogP contribution in [0.5, 0.6) is 0 Å². The maximum atomic E-state index is 2.25. The molecule has 0 amide bonds. The van der Waals surface area contributed by atoms with Crippen LogP contribution in [0.4, 0.5) is 0 Å². The molecule has 0 bridgehead atoms. The average Bonchev–Trinajstić information content (AvgIpc) is 1.68. The molecular formula is C6H14KN. The van der Waals surface area contributed by atoms with E-state index in [1.54, 1.807) is 0 Å². The van der Waals surface area contributed by atoms with Crippen molar-refractivity contribution in [1.29, 1.82) is 0 Å². The third kappa shape index (κ3) is 7.60. The van der Waals surface area contributed by atoms with E-state index in [1.807, 2.05) is 0 Å². The topological polar surface area (TPSA) is 3.24 Å². The van der Waals surface area contributed by atoms with Crippen molar-refractivity contribution in [1.82, 2.24) is 4.90 Å². The normalized spacial score (nSPS) is 9.00. The van der Waals surface area contributed by atoms with Gasteiger partial charge in [-0.15, -0.1) is 6.54 Å². The molecule has 8 heavy (non-hydrogen) atoms. The average molecular weight is 139 g/mol. The fourth-order valence-corrected chi connectivity index (χ4v) is 0.441. The van der Waals surface area contributed by atoms with Crippen LogP contribution in [0, 0.1) is 6.42 Å². The summed E-state index contributed by atoms with van der Waals surface area (Å²) in [5, 5.41) is 0. The molecule has 0 saturated heterocycles. The van der Waals surface area contributed by atoms with E-state index in [0.29, 0.717) is 0 Å². The van der Waals surface area contributed by atoms with Crippen molar-refractivity contribution in [2.75, 3.05) is 20.1 Å². The van der Waals surface area contributed by atoms with Crippen LogP contribution in [0.1, 0.15) is 13.8 Å². The summed E-state index contributed by atoms with van der Waals surface area (Å²) in [6, 6.07) is 0. The largest absolute Gasteiger partial charge is 1.00 e. The standard InChI is InChI=1S/C6H14N.K/c1-4-6-7(3)5-2;/h4H,5-6H2,1-3H3;/q-1;+1. The van der Waals surface area contributed by atoms with Crippen molar-refractivity contribution >= 4 is 0 Å². The first-order chi connectivity index (χ1) is 3.31. The molecule has 0 radical (unpaired) electrons. The number of rotatable bonds is 3. The van der Waals surface area contributed by atoms with Crippen molar-refractivity contribution in [3.8, 4) is 0 Å². The van der Waals surface area contributed by atoms with Gasteiger partial charge in [-0.05, 0) is 13.6 Å². The molecule has 0 aliphatic rings. The minimum Gasteiger partial charge on any atom is -0.336 e. The van der Waals surface area contributed by atoms with Gasteiger partial charge >= 0.3 is 51.4 Å². The van der Waals surface area contributed by atoms with Crippen LogP contribution >= 0.6 is 0 Å². The summed E-state index contributed by atoms with van der Waals surface area (Å²) >= 11 is 0. The summed E-state index contributed by atoms with van der Waals surface area (Å²) in [5.41, 5.74) is 0. The molecule has 0 aliphatic carbocycles. The molecule has 0 aromatic heterocycles. The molecule has 0 heterocycles. The number of nitrogens with zero attached hydrogens (tertiary/aromatic N) is 1. The summed E-state index contributed by atoms with van der Waals surface area (Å²) < 4.78 is 0. The molecular weight excluding hydrogens is 125 g/mol. The Hall–Kier alpha value is 1.60. The molecule has 0 unspecified atom stereocenters. The summed E-state index contributed by atoms with van der Waals surface area (Å²) in [6.45, 7) is 6.48. The van der Waals surface area contributed by atoms with E-state index in [-0.39, 0.29) is 51.4 Å². The Morgan fingerprint density at radius 2 is 2.00 bits per heavy atom. The maximum Gasteiger partial charge on any atom is 1.00 e. The number of hydrogen-bond donors (Lipinski definition) is 0. The van der Waals surface area contributed by atoms with Gasteiger partial charge < -0.3 is 11.3 Å². The van der Waals surface area contributed by atoms with E-state index < -0.39 is 0 Å². The van der Waals surface area contributed by atoms with E-state index in [0.717, 1.165) is 13.1 Å². The predicted octanol–water partition coefficient (Wildman–Crippen LogP) is -1.83. The maximum absolute atomic E-state index is 2.25. The van der Waals surface area contributed by atoms with Gasteiger partial charge in [-0.1, -0.05) is 6.92 Å². The van der Waals surface area contributed by atoms with Crippen LogP contribution in [0.3, 0.4) is 0 Å². The molecule has 0 aromatic carbocycles. The van der Waals surface area contributed by atoms with Gasteiger partial charge in [-0.2, -0.15) is 6.92 Å². The Morgan fingerprint density at radius 3 is 2.12 bits per heavy atom. The van der Waals surface area contributed by atoms with E-state index in [2.05, 4.69) is 32.2 Å². The molecule has 2 heteroatoms. The van der Waals surface area contributed by atoms with Crippen LogP contribution in [0.25, 0.3) is 0 Å². The quantitative estimate of drug-likeness (QED) is 0.328. The Kier molecular flexibility index (Phi) is 13.2. The summed E-state index contributed by atoms with van der Waals surface area (Å²) in [7, 11) is 2.11. The van der Waals surface area contributed by atoms with Crippen molar-refractivity contribution in [2.45, 2.75) is 13.8 Å². The zero-order valence-corrected chi connectivity index (χ0v) is 9.56. The Balaban J connectivity index is 0. The minimum atomic E-state index is 0. The zero-order chi connectivity index (χ0) is 5.70. The zero-order valence-electron chi connectivity index (χ0n) is 6.44. The van der Waals surface area contributed by atoms with Crippen LogP contribution < -0.4 is 51.4 Å². The van der Waals surface area contributed by atoms with Gasteiger partial charge in [0.25, 0.3) is 0 Å². The van der Waals surface area contributed by atoms with Crippen LogP contribution in [0.2, 0.25) is 0 Å². The summed E-state index contributed by atoms with van der Waals surface area (Å²) in [5.74, 6) is 0. The second-order valence-electron chi connectivity index (χ2n) is 1.76. The fourth-order valence-electron chi connectivity index (χ4n) is 0.441. The molecule has 0 aliphatic heterocycles. The Morgan fingerprint density at radius 1 is 1.50 bits per heavy atom. The van der Waals surface area contributed by atoms with E-state index >= 15 is 0 Å². The first-order valence-corrected chi connectivity index (χ1v) is 2.77. The van der Waals surface area contributed by atoms with E-state index in [4.69, 9.17) is 0 Å². The first kappa shape index (κ1) is 12.3. The third-order valence-corrected chi connectivity index (χ3v) is 1.03. The number of hydrogen-bond acceptors (Lipinski definition) is 1. The molecule has 0 N–H and O–H groups in total. The van der Waals surface area contributed by atoms with Crippen molar-refractivity contribution in [2.24, 2.45) is 0 Å². The molecule has 0 saturated carbocycles. The smallest absolute Gasteiger partial charge is 0.336 e. The molecule has 0 spiro atoms.